The Morgan fingerprint density at radius 3 is 2.27 bits per heavy atom. The Labute approximate surface area is 171 Å². The van der Waals surface area contributed by atoms with Gasteiger partial charge in [0, 0.05) is 10.2 Å². The molecule has 1 atom stereocenters. The minimum absolute atomic E-state index is 0.0652. The molecule has 3 aromatic carbocycles. The van der Waals surface area contributed by atoms with E-state index in [1.165, 1.54) is 0 Å². The molecule has 0 saturated carbocycles. The molecule has 0 fully saturated rings. The first-order chi connectivity index (χ1) is 12.5. The molecule has 0 heterocycles. The smallest absolute Gasteiger partial charge is 0.232 e. The van der Waals surface area contributed by atoms with E-state index in [1.54, 1.807) is 6.07 Å². The maximum atomic E-state index is 13.0. The molecule has 26 heavy (non-hydrogen) atoms. The SMILES string of the molecule is O=C(Nc1ccc(Br)cc1)C(Cc1ccc(Cl)c(Cl)c1)c1ccccc1. The highest BCUT2D eigenvalue weighted by Gasteiger charge is 2.21. The number of anilines is 1. The topological polar surface area (TPSA) is 29.1 Å². The minimum atomic E-state index is -0.336. The van der Waals surface area contributed by atoms with Crippen LogP contribution in [-0.2, 0) is 11.2 Å². The predicted molar refractivity (Wildman–Crippen MR) is 112 cm³/mol. The highest BCUT2D eigenvalue weighted by atomic mass is 79.9. The average Bonchev–Trinajstić information content (AvgIpc) is 2.65. The lowest BCUT2D eigenvalue weighted by molar-refractivity contribution is -0.117. The van der Waals surface area contributed by atoms with Crippen molar-refractivity contribution < 1.29 is 4.79 Å². The maximum Gasteiger partial charge on any atom is 0.232 e. The van der Waals surface area contributed by atoms with Gasteiger partial charge < -0.3 is 5.32 Å². The van der Waals surface area contributed by atoms with Crippen molar-refractivity contribution in [1.82, 2.24) is 0 Å². The molecule has 0 radical (unpaired) electrons. The van der Waals surface area contributed by atoms with Gasteiger partial charge in [-0.25, -0.2) is 0 Å². The quantitative estimate of drug-likeness (QED) is 0.461. The fraction of sp³-hybridized carbons (Fsp3) is 0.0952. The molecule has 0 aliphatic carbocycles. The number of benzene rings is 3. The van der Waals surface area contributed by atoms with Crippen molar-refractivity contribution >= 4 is 50.7 Å². The van der Waals surface area contributed by atoms with Crippen LogP contribution in [0.4, 0.5) is 5.69 Å². The third-order valence-corrected chi connectivity index (χ3v) is 5.32. The summed E-state index contributed by atoms with van der Waals surface area (Å²) in [6.07, 6.45) is 0.531. The van der Waals surface area contributed by atoms with Crippen LogP contribution in [0.3, 0.4) is 0 Å². The Balaban J connectivity index is 1.86. The first kappa shape index (κ1) is 19.0. The van der Waals surface area contributed by atoms with Gasteiger partial charge in [-0.1, -0.05) is 75.5 Å². The molecule has 0 aliphatic heterocycles. The van der Waals surface area contributed by atoms with Gasteiger partial charge in [-0.05, 0) is 53.9 Å². The summed E-state index contributed by atoms with van der Waals surface area (Å²) in [4.78, 5) is 13.0. The van der Waals surface area contributed by atoms with Crippen molar-refractivity contribution in [2.75, 3.05) is 5.32 Å². The number of amides is 1. The van der Waals surface area contributed by atoms with Gasteiger partial charge in [-0.15, -0.1) is 0 Å². The molecule has 1 unspecified atom stereocenters. The molecule has 5 heteroatoms. The Hall–Kier alpha value is -1.81. The van der Waals surface area contributed by atoms with Crippen molar-refractivity contribution in [2.45, 2.75) is 12.3 Å². The molecule has 3 rings (SSSR count). The summed E-state index contributed by atoms with van der Waals surface area (Å²) in [7, 11) is 0. The van der Waals surface area contributed by atoms with Gasteiger partial charge in [0.2, 0.25) is 5.91 Å². The van der Waals surface area contributed by atoms with Crippen molar-refractivity contribution in [3.05, 3.63) is 98.4 Å². The van der Waals surface area contributed by atoms with E-state index < -0.39 is 0 Å². The van der Waals surface area contributed by atoms with Crippen LogP contribution in [-0.4, -0.2) is 5.91 Å². The van der Waals surface area contributed by atoms with E-state index >= 15 is 0 Å². The molecule has 1 N–H and O–H groups in total. The highest BCUT2D eigenvalue weighted by molar-refractivity contribution is 9.10. The number of carbonyl (C=O) groups excluding carboxylic acids is 1. The molecule has 132 valence electrons. The van der Waals surface area contributed by atoms with Crippen LogP contribution >= 0.6 is 39.1 Å². The molecular formula is C21H16BrCl2NO. The summed E-state index contributed by atoms with van der Waals surface area (Å²) >= 11 is 15.5. The number of halogens is 3. The number of rotatable bonds is 5. The summed E-state index contributed by atoms with van der Waals surface area (Å²) in [5.41, 5.74) is 2.67. The number of hydrogen-bond acceptors (Lipinski definition) is 1. The third kappa shape index (κ3) is 4.88. The van der Waals surface area contributed by atoms with Gasteiger partial charge in [-0.3, -0.25) is 4.79 Å². The highest BCUT2D eigenvalue weighted by Crippen LogP contribution is 2.28. The second-order valence-corrected chi connectivity index (χ2v) is 7.64. The Morgan fingerprint density at radius 2 is 1.62 bits per heavy atom. The molecule has 0 saturated heterocycles. The van der Waals surface area contributed by atoms with Crippen molar-refractivity contribution in [3.63, 3.8) is 0 Å². The lowest BCUT2D eigenvalue weighted by Crippen LogP contribution is -2.23. The molecule has 0 spiro atoms. The lowest BCUT2D eigenvalue weighted by atomic mass is 9.91. The van der Waals surface area contributed by atoms with Crippen molar-refractivity contribution in [3.8, 4) is 0 Å². The van der Waals surface area contributed by atoms with Crippen LogP contribution in [0.15, 0.2) is 77.3 Å². The van der Waals surface area contributed by atoms with Gasteiger partial charge in [-0.2, -0.15) is 0 Å². The monoisotopic (exact) mass is 447 g/mol. The molecule has 0 aromatic heterocycles. The fourth-order valence-corrected chi connectivity index (χ4v) is 3.30. The Kier molecular flexibility index (Phi) is 6.36. The number of nitrogens with one attached hydrogen (secondary N) is 1. The van der Waals surface area contributed by atoms with Crippen LogP contribution in [0.1, 0.15) is 17.0 Å². The standard InChI is InChI=1S/C21H16BrCl2NO/c22-16-7-9-17(10-8-16)25-21(26)18(15-4-2-1-3-5-15)12-14-6-11-19(23)20(24)13-14/h1-11,13,18H,12H2,(H,25,26). The zero-order valence-electron chi connectivity index (χ0n) is 13.8. The van der Waals surface area contributed by atoms with E-state index in [4.69, 9.17) is 23.2 Å². The molecule has 1 amide bonds. The van der Waals surface area contributed by atoms with Gasteiger partial charge in [0.25, 0.3) is 0 Å². The maximum absolute atomic E-state index is 13.0. The van der Waals surface area contributed by atoms with E-state index in [0.29, 0.717) is 16.5 Å². The number of hydrogen-bond donors (Lipinski definition) is 1. The van der Waals surface area contributed by atoms with E-state index in [1.807, 2.05) is 66.7 Å². The molecule has 2 nitrogen and oxygen atoms in total. The van der Waals surface area contributed by atoms with Crippen molar-refractivity contribution in [2.24, 2.45) is 0 Å². The summed E-state index contributed by atoms with van der Waals surface area (Å²) in [6, 6.07) is 22.7. The van der Waals surface area contributed by atoms with Crippen LogP contribution in [0.25, 0.3) is 0 Å². The predicted octanol–water partition coefficient (Wildman–Crippen LogP) is 6.72. The van der Waals surface area contributed by atoms with E-state index in [0.717, 1.165) is 21.3 Å². The van der Waals surface area contributed by atoms with Gasteiger partial charge >= 0.3 is 0 Å². The first-order valence-electron chi connectivity index (χ1n) is 8.08. The largest absolute Gasteiger partial charge is 0.326 e. The summed E-state index contributed by atoms with van der Waals surface area (Å²) in [5.74, 6) is -0.401. The second kappa shape index (κ2) is 8.72. The third-order valence-electron chi connectivity index (χ3n) is 4.05. The molecule has 0 bridgehead atoms. The lowest BCUT2D eigenvalue weighted by Gasteiger charge is -2.18. The minimum Gasteiger partial charge on any atom is -0.326 e. The van der Waals surface area contributed by atoms with Gasteiger partial charge in [0.1, 0.15) is 0 Å². The van der Waals surface area contributed by atoms with E-state index in [9.17, 15) is 4.79 Å². The molecule has 3 aromatic rings. The molecular weight excluding hydrogens is 433 g/mol. The summed E-state index contributed by atoms with van der Waals surface area (Å²) in [5, 5.41) is 3.99. The van der Waals surface area contributed by atoms with Gasteiger partial charge in [0.05, 0.1) is 16.0 Å². The van der Waals surface area contributed by atoms with E-state index in [-0.39, 0.29) is 11.8 Å². The summed E-state index contributed by atoms with van der Waals surface area (Å²) < 4.78 is 0.964. The van der Waals surface area contributed by atoms with Crippen LogP contribution < -0.4 is 5.32 Å². The zero-order chi connectivity index (χ0) is 18.5. The van der Waals surface area contributed by atoms with Crippen LogP contribution in [0.5, 0.6) is 0 Å². The van der Waals surface area contributed by atoms with Gasteiger partial charge in [0.15, 0.2) is 0 Å². The normalized spacial score (nSPS) is 11.8. The first-order valence-corrected chi connectivity index (χ1v) is 9.63. The Morgan fingerprint density at radius 1 is 0.923 bits per heavy atom. The summed E-state index contributed by atoms with van der Waals surface area (Å²) in [6.45, 7) is 0. The Bertz CT molecular complexity index is 898. The van der Waals surface area contributed by atoms with Crippen LogP contribution in [0.2, 0.25) is 10.0 Å². The average molecular weight is 449 g/mol. The van der Waals surface area contributed by atoms with Crippen molar-refractivity contribution in [1.29, 1.82) is 0 Å². The second-order valence-electron chi connectivity index (χ2n) is 5.91. The zero-order valence-corrected chi connectivity index (χ0v) is 16.9. The van der Waals surface area contributed by atoms with Crippen LogP contribution in [0, 0.1) is 0 Å². The fourth-order valence-electron chi connectivity index (χ4n) is 2.71. The molecule has 0 aliphatic rings. The number of carbonyl (C=O) groups is 1. The van der Waals surface area contributed by atoms with E-state index in [2.05, 4.69) is 21.2 Å².